The highest BCUT2D eigenvalue weighted by molar-refractivity contribution is 6.00. The molecule has 0 saturated heterocycles. The molecule has 0 saturated carbocycles. The van der Waals surface area contributed by atoms with Gasteiger partial charge in [-0.3, -0.25) is 0 Å². The van der Waals surface area contributed by atoms with Gasteiger partial charge in [0.2, 0.25) is 0 Å². The van der Waals surface area contributed by atoms with Gasteiger partial charge >= 0.3 is 0 Å². The third-order valence-corrected chi connectivity index (χ3v) is 3.60. The van der Waals surface area contributed by atoms with Gasteiger partial charge in [0.25, 0.3) is 0 Å². The van der Waals surface area contributed by atoms with Gasteiger partial charge in [-0.25, -0.2) is 0 Å². The second-order valence-corrected chi connectivity index (χ2v) is 4.53. The van der Waals surface area contributed by atoms with E-state index < -0.39 is 0 Å². The van der Waals surface area contributed by atoms with Crippen molar-refractivity contribution in [3.63, 3.8) is 0 Å². The number of nitrogens with zero attached hydrogens (tertiary/aromatic N) is 4. The van der Waals surface area contributed by atoms with Crippen molar-refractivity contribution in [1.29, 1.82) is 21.0 Å². The van der Waals surface area contributed by atoms with Gasteiger partial charge in [-0.1, -0.05) is 31.2 Å². The van der Waals surface area contributed by atoms with Crippen molar-refractivity contribution in [3.05, 3.63) is 46.5 Å². The molecular weight excluding hydrogens is 260 g/mol. The Kier molecular flexibility index (Phi) is 3.85. The van der Waals surface area contributed by atoms with E-state index in [1.54, 1.807) is 0 Å². The molecule has 0 heterocycles. The van der Waals surface area contributed by atoms with E-state index in [0.29, 0.717) is 17.6 Å². The van der Waals surface area contributed by atoms with Crippen LogP contribution in [-0.4, -0.2) is 0 Å². The van der Waals surface area contributed by atoms with Gasteiger partial charge in [-0.05, 0) is 28.7 Å². The van der Waals surface area contributed by atoms with Crippen molar-refractivity contribution in [2.24, 2.45) is 5.92 Å². The molecular formula is C17H10N4. The second-order valence-electron chi connectivity index (χ2n) is 4.53. The Balaban J connectivity index is 2.95. The van der Waals surface area contributed by atoms with Crippen molar-refractivity contribution >= 4 is 11.1 Å². The summed E-state index contributed by atoms with van der Waals surface area (Å²) in [6, 6.07) is 15.0. The van der Waals surface area contributed by atoms with Crippen molar-refractivity contribution in [2.45, 2.75) is 13.3 Å². The third kappa shape index (κ3) is 2.06. The van der Waals surface area contributed by atoms with Gasteiger partial charge in [-0.2, -0.15) is 21.0 Å². The van der Waals surface area contributed by atoms with Crippen molar-refractivity contribution < 1.29 is 0 Å². The van der Waals surface area contributed by atoms with E-state index in [2.05, 4.69) is 0 Å². The van der Waals surface area contributed by atoms with E-state index in [-0.39, 0.29) is 17.1 Å². The standard InChI is InChI=1S/C17H10N4/c1-2-13-16(11(7-18)8-19)14-5-3-4-6-15(14)17(13)12(9-20)10-21/h3-6,13H,2H2,1H3. The minimum atomic E-state index is -0.272. The fourth-order valence-corrected chi connectivity index (χ4v) is 2.79. The number of benzene rings is 1. The molecule has 0 bridgehead atoms. The zero-order valence-corrected chi connectivity index (χ0v) is 11.4. The lowest BCUT2D eigenvalue weighted by Gasteiger charge is -2.12. The first-order valence-corrected chi connectivity index (χ1v) is 6.41. The second kappa shape index (κ2) is 5.75. The predicted molar refractivity (Wildman–Crippen MR) is 76.5 cm³/mol. The molecule has 98 valence electrons. The van der Waals surface area contributed by atoms with Gasteiger partial charge in [0.05, 0.1) is 0 Å². The molecule has 0 aromatic heterocycles. The third-order valence-electron chi connectivity index (χ3n) is 3.60. The molecule has 0 fully saturated rings. The highest BCUT2D eigenvalue weighted by Gasteiger charge is 2.35. The fourth-order valence-electron chi connectivity index (χ4n) is 2.79. The van der Waals surface area contributed by atoms with E-state index in [4.69, 9.17) is 0 Å². The Morgan fingerprint density at radius 1 is 0.857 bits per heavy atom. The smallest absolute Gasteiger partial charge is 0.134 e. The maximum Gasteiger partial charge on any atom is 0.134 e. The molecule has 0 radical (unpaired) electrons. The zero-order chi connectivity index (χ0) is 15.4. The van der Waals surface area contributed by atoms with Crippen LogP contribution < -0.4 is 0 Å². The topological polar surface area (TPSA) is 95.2 Å². The van der Waals surface area contributed by atoms with E-state index in [0.717, 1.165) is 11.1 Å². The average Bonchev–Trinajstić information content (AvgIpc) is 2.85. The molecule has 1 aromatic rings. The lowest BCUT2D eigenvalue weighted by atomic mass is 9.88. The Bertz CT molecular complexity index is 728. The molecule has 21 heavy (non-hydrogen) atoms. The number of allylic oxidation sites excluding steroid dienone is 4. The Hall–Kier alpha value is -3.34. The summed E-state index contributed by atoms with van der Waals surface area (Å²) in [6.07, 6.45) is 0.610. The summed E-state index contributed by atoms with van der Waals surface area (Å²) < 4.78 is 0. The van der Waals surface area contributed by atoms with E-state index in [1.165, 1.54) is 0 Å². The molecule has 0 spiro atoms. The van der Waals surface area contributed by atoms with Gasteiger partial charge in [0.15, 0.2) is 0 Å². The van der Waals surface area contributed by atoms with Crippen LogP contribution in [0, 0.1) is 51.2 Å². The molecule has 1 aliphatic rings. The van der Waals surface area contributed by atoms with Crippen LogP contribution in [0.4, 0.5) is 0 Å². The Morgan fingerprint density at radius 2 is 1.24 bits per heavy atom. The summed E-state index contributed by atoms with van der Waals surface area (Å²) >= 11 is 0. The van der Waals surface area contributed by atoms with Gasteiger partial charge in [0, 0.05) is 5.92 Å². The van der Waals surface area contributed by atoms with Crippen LogP contribution in [0.5, 0.6) is 0 Å². The molecule has 0 amide bonds. The molecule has 0 unspecified atom stereocenters. The lowest BCUT2D eigenvalue weighted by molar-refractivity contribution is 0.825. The fraction of sp³-hybridized carbons (Fsp3) is 0.176. The lowest BCUT2D eigenvalue weighted by Crippen LogP contribution is -2.00. The van der Waals surface area contributed by atoms with Crippen LogP contribution in [0.1, 0.15) is 24.5 Å². The Labute approximate surface area is 123 Å². The minimum absolute atomic E-state index is 0.0412. The highest BCUT2D eigenvalue weighted by atomic mass is 14.4. The number of rotatable bonds is 1. The van der Waals surface area contributed by atoms with E-state index >= 15 is 0 Å². The SMILES string of the molecule is CCC1C(=C(C#N)C#N)c2ccccc2C1=C(C#N)C#N. The summed E-state index contributed by atoms with van der Waals surface area (Å²) in [7, 11) is 0. The van der Waals surface area contributed by atoms with Crippen LogP contribution in [0.25, 0.3) is 11.1 Å². The monoisotopic (exact) mass is 270 g/mol. The Morgan fingerprint density at radius 3 is 1.52 bits per heavy atom. The molecule has 4 heteroatoms. The molecule has 0 atom stereocenters. The van der Waals surface area contributed by atoms with Crippen LogP contribution >= 0.6 is 0 Å². The van der Waals surface area contributed by atoms with Crippen molar-refractivity contribution in [2.75, 3.05) is 0 Å². The number of fused-ring (bicyclic) bond motifs is 1. The molecule has 1 aliphatic carbocycles. The maximum atomic E-state index is 9.19. The summed E-state index contributed by atoms with van der Waals surface area (Å²) in [5, 5.41) is 36.8. The quantitative estimate of drug-likeness (QED) is 0.731. The summed E-state index contributed by atoms with van der Waals surface area (Å²) in [5.41, 5.74) is 2.85. The minimum Gasteiger partial charge on any atom is -0.192 e. The van der Waals surface area contributed by atoms with Gasteiger partial charge in [-0.15, -0.1) is 0 Å². The first-order chi connectivity index (χ1) is 10.2. The van der Waals surface area contributed by atoms with Crippen LogP contribution in [0.2, 0.25) is 0 Å². The summed E-state index contributed by atoms with van der Waals surface area (Å²) in [4.78, 5) is 0. The molecule has 0 N–H and O–H groups in total. The van der Waals surface area contributed by atoms with Gasteiger partial charge in [0.1, 0.15) is 35.4 Å². The highest BCUT2D eigenvalue weighted by Crippen LogP contribution is 2.49. The molecule has 0 aliphatic heterocycles. The average molecular weight is 270 g/mol. The molecule has 4 nitrogen and oxygen atoms in total. The normalized spacial score (nSPS) is 12.6. The van der Waals surface area contributed by atoms with Crippen molar-refractivity contribution in [1.82, 2.24) is 0 Å². The predicted octanol–water partition coefficient (Wildman–Crippen LogP) is 3.33. The van der Waals surface area contributed by atoms with E-state index in [9.17, 15) is 21.0 Å². The van der Waals surface area contributed by atoms with Gasteiger partial charge < -0.3 is 0 Å². The largest absolute Gasteiger partial charge is 0.192 e. The van der Waals surface area contributed by atoms with Crippen LogP contribution in [-0.2, 0) is 0 Å². The maximum absolute atomic E-state index is 9.19. The number of nitriles is 4. The van der Waals surface area contributed by atoms with Crippen molar-refractivity contribution in [3.8, 4) is 24.3 Å². The first kappa shape index (κ1) is 14.1. The van der Waals surface area contributed by atoms with E-state index in [1.807, 2.05) is 55.5 Å². The molecule has 1 aromatic carbocycles. The molecule has 2 rings (SSSR count). The first-order valence-electron chi connectivity index (χ1n) is 6.41. The zero-order valence-electron chi connectivity index (χ0n) is 11.4. The number of hydrogen-bond donors (Lipinski definition) is 0. The van der Waals surface area contributed by atoms with Crippen LogP contribution in [0.15, 0.2) is 35.4 Å². The van der Waals surface area contributed by atoms with Crippen LogP contribution in [0.3, 0.4) is 0 Å². The number of hydrogen-bond acceptors (Lipinski definition) is 4. The summed E-state index contributed by atoms with van der Waals surface area (Å²) in [5.74, 6) is -0.272. The summed E-state index contributed by atoms with van der Waals surface area (Å²) in [6.45, 7) is 1.91.